The fourth-order valence-electron chi connectivity index (χ4n) is 0.577. The number of thiol groups is 1. The molecular formula is C6H12O5S. The molecule has 0 aliphatic carbocycles. The van der Waals surface area contributed by atoms with Gasteiger partial charge < -0.3 is 20.4 Å². The Bertz CT molecular complexity index is 151. The number of aliphatic hydroxyl groups is 4. The highest BCUT2D eigenvalue weighted by Crippen LogP contribution is 2.00. The lowest BCUT2D eigenvalue weighted by Crippen LogP contribution is -2.42. The zero-order chi connectivity index (χ0) is 9.72. The van der Waals surface area contributed by atoms with Crippen molar-refractivity contribution in [3.8, 4) is 0 Å². The monoisotopic (exact) mass is 196 g/mol. The Morgan fingerprint density at radius 1 is 1.33 bits per heavy atom. The van der Waals surface area contributed by atoms with Crippen molar-refractivity contribution in [2.24, 2.45) is 0 Å². The highest BCUT2D eigenvalue weighted by atomic mass is 32.1. The van der Waals surface area contributed by atoms with Crippen LogP contribution in [0.4, 0.5) is 0 Å². The summed E-state index contributed by atoms with van der Waals surface area (Å²) < 4.78 is 0. The van der Waals surface area contributed by atoms with Crippen LogP contribution < -0.4 is 0 Å². The number of carbonyl (C=O) groups is 1. The molecule has 4 N–H and O–H groups in total. The molecule has 0 aromatic carbocycles. The molecule has 0 bridgehead atoms. The van der Waals surface area contributed by atoms with Crippen LogP contribution in [0.3, 0.4) is 0 Å². The summed E-state index contributed by atoms with van der Waals surface area (Å²) in [7, 11) is 0. The van der Waals surface area contributed by atoms with Gasteiger partial charge in [-0.05, 0) is 0 Å². The number of aliphatic hydroxyl groups excluding tert-OH is 4. The average Bonchev–Trinajstić information content (AvgIpc) is 2.12. The molecule has 0 saturated heterocycles. The SMILES string of the molecule is O=C([C@H](O)CS)[C@H](O)C(O)CO. The zero-order valence-corrected chi connectivity index (χ0v) is 7.19. The van der Waals surface area contributed by atoms with E-state index >= 15 is 0 Å². The van der Waals surface area contributed by atoms with Crippen LogP contribution in [-0.4, -0.2) is 56.9 Å². The van der Waals surface area contributed by atoms with E-state index in [-0.39, 0.29) is 5.75 Å². The Hall–Kier alpha value is -0.140. The van der Waals surface area contributed by atoms with E-state index in [0.29, 0.717) is 0 Å². The van der Waals surface area contributed by atoms with Gasteiger partial charge in [0.15, 0.2) is 5.78 Å². The third-order valence-electron chi connectivity index (χ3n) is 1.34. The van der Waals surface area contributed by atoms with Gasteiger partial charge in [0.1, 0.15) is 18.3 Å². The van der Waals surface area contributed by atoms with Gasteiger partial charge in [0.05, 0.1) is 6.61 Å². The summed E-state index contributed by atoms with van der Waals surface area (Å²) in [6.07, 6.45) is -4.71. The summed E-state index contributed by atoms with van der Waals surface area (Å²) >= 11 is 3.62. The largest absolute Gasteiger partial charge is 0.394 e. The minimum absolute atomic E-state index is 0.131. The van der Waals surface area contributed by atoms with Gasteiger partial charge in [0, 0.05) is 5.75 Å². The summed E-state index contributed by atoms with van der Waals surface area (Å²) in [6, 6.07) is 0. The van der Waals surface area contributed by atoms with Gasteiger partial charge in [0.2, 0.25) is 0 Å². The number of hydrogen-bond donors (Lipinski definition) is 5. The van der Waals surface area contributed by atoms with E-state index in [4.69, 9.17) is 20.4 Å². The third kappa shape index (κ3) is 3.08. The second-order valence-corrected chi connectivity index (χ2v) is 2.66. The van der Waals surface area contributed by atoms with Crippen LogP contribution in [0.25, 0.3) is 0 Å². The molecule has 1 unspecified atom stereocenters. The fraction of sp³-hybridized carbons (Fsp3) is 0.833. The molecule has 6 heteroatoms. The molecule has 0 amide bonds. The van der Waals surface area contributed by atoms with E-state index in [1.165, 1.54) is 0 Å². The van der Waals surface area contributed by atoms with E-state index in [0.717, 1.165) is 0 Å². The van der Waals surface area contributed by atoms with Crippen molar-refractivity contribution in [3.63, 3.8) is 0 Å². The van der Waals surface area contributed by atoms with Crippen molar-refractivity contribution in [1.29, 1.82) is 0 Å². The summed E-state index contributed by atoms with van der Waals surface area (Å²) in [5.74, 6) is -1.07. The first-order valence-electron chi connectivity index (χ1n) is 3.34. The van der Waals surface area contributed by atoms with Crippen LogP contribution in [0.2, 0.25) is 0 Å². The van der Waals surface area contributed by atoms with Gasteiger partial charge in [-0.3, -0.25) is 4.79 Å². The normalized spacial score (nSPS) is 18.4. The minimum atomic E-state index is -1.75. The predicted octanol–water partition coefficient (Wildman–Crippen LogP) is -2.44. The Kier molecular flexibility index (Phi) is 5.43. The van der Waals surface area contributed by atoms with Gasteiger partial charge >= 0.3 is 0 Å². The topological polar surface area (TPSA) is 98.0 Å². The third-order valence-corrected chi connectivity index (χ3v) is 1.69. The first-order chi connectivity index (χ1) is 5.54. The molecule has 72 valence electrons. The number of ketones is 1. The Morgan fingerprint density at radius 3 is 2.17 bits per heavy atom. The Morgan fingerprint density at radius 2 is 1.83 bits per heavy atom. The lowest BCUT2D eigenvalue weighted by molar-refractivity contribution is -0.141. The van der Waals surface area contributed by atoms with Crippen molar-refractivity contribution >= 4 is 18.4 Å². The van der Waals surface area contributed by atoms with E-state index in [2.05, 4.69) is 12.6 Å². The molecule has 0 fully saturated rings. The molecule has 12 heavy (non-hydrogen) atoms. The number of carbonyl (C=O) groups excluding carboxylic acids is 1. The van der Waals surface area contributed by atoms with Gasteiger partial charge in [-0.15, -0.1) is 0 Å². The van der Waals surface area contributed by atoms with E-state index < -0.39 is 30.7 Å². The van der Waals surface area contributed by atoms with Gasteiger partial charge in [-0.25, -0.2) is 0 Å². The van der Waals surface area contributed by atoms with Crippen LogP contribution in [0.5, 0.6) is 0 Å². The molecule has 0 aliphatic heterocycles. The predicted molar refractivity (Wildman–Crippen MR) is 44.0 cm³/mol. The molecule has 5 nitrogen and oxygen atoms in total. The second kappa shape index (κ2) is 5.50. The number of Topliss-reactive ketones (excluding diaryl/α,β-unsaturated/α-hetero) is 1. The summed E-state index contributed by atoms with van der Waals surface area (Å²) in [5, 5.41) is 34.9. The van der Waals surface area contributed by atoms with Gasteiger partial charge in [-0.1, -0.05) is 0 Å². The first-order valence-corrected chi connectivity index (χ1v) is 3.97. The summed E-state index contributed by atoms with van der Waals surface area (Å²) in [4.78, 5) is 10.9. The second-order valence-electron chi connectivity index (χ2n) is 2.30. The van der Waals surface area contributed by atoms with Crippen molar-refractivity contribution < 1.29 is 25.2 Å². The molecule has 0 saturated carbocycles. The highest BCUT2D eigenvalue weighted by molar-refractivity contribution is 7.80. The molecule has 0 radical (unpaired) electrons. The fourth-order valence-corrected chi connectivity index (χ4v) is 0.756. The maximum Gasteiger partial charge on any atom is 0.193 e. The number of hydrogen-bond acceptors (Lipinski definition) is 6. The molecule has 0 aromatic heterocycles. The molecule has 0 heterocycles. The van der Waals surface area contributed by atoms with Crippen LogP contribution in [0, 0.1) is 0 Å². The van der Waals surface area contributed by atoms with Crippen molar-refractivity contribution in [3.05, 3.63) is 0 Å². The zero-order valence-electron chi connectivity index (χ0n) is 6.29. The molecular weight excluding hydrogens is 184 g/mol. The number of rotatable bonds is 5. The Balaban J connectivity index is 4.09. The molecule has 0 aromatic rings. The smallest absolute Gasteiger partial charge is 0.193 e. The van der Waals surface area contributed by atoms with Gasteiger partial charge in [-0.2, -0.15) is 12.6 Å². The average molecular weight is 196 g/mol. The van der Waals surface area contributed by atoms with Gasteiger partial charge in [0.25, 0.3) is 0 Å². The highest BCUT2D eigenvalue weighted by Gasteiger charge is 2.28. The molecule has 0 aliphatic rings. The van der Waals surface area contributed by atoms with Crippen molar-refractivity contribution in [2.75, 3.05) is 12.4 Å². The van der Waals surface area contributed by atoms with E-state index in [1.54, 1.807) is 0 Å². The van der Waals surface area contributed by atoms with E-state index in [1.807, 2.05) is 0 Å². The van der Waals surface area contributed by atoms with Crippen LogP contribution in [0.1, 0.15) is 0 Å². The van der Waals surface area contributed by atoms with Crippen LogP contribution in [-0.2, 0) is 4.79 Å². The quantitative estimate of drug-likeness (QED) is 0.315. The molecule has 0 spiro atoms. The minimum Gasteiger partial charge on any atom is -0.394 e. The molecule has 0 rings (SSSR count). The van der Waals surface area contributed by atoms with E-state index in [9.17, 15) is 4.79 Å². The Labute approximate surface area is 75.1 Å². The maximum absolute atomic E-state index is 10.9. The standard InChI is InChI=1S/C6H12O5S/c7-1-3(8)5(10)6(11)4(9)2-12/h3-5,7-10,12H,1-2H2/t3?,4-,5-/m1/s1. The van der Waals surface area contributed by atoms with Crippen molar-refractivity contribution in [1.82, 2.24) is 0 Å². The maximum atomic E-state index is 10.9. The first kappa shape index (κ1) is 11.9. The summed E-state index contributed by atoms with van der Waals surface area (Å²) in [6.45, 7) is -0.730. The molecule has 3 atom stereocenters. The van der Waals surface area contributed by atoms with Crippen molar-refractivity contribution in [2.45, 2.75) is 18.3 Å². The lowest BCUT2D eigenvalue weighted by Gasteiger charge is -2.16. The van der Waals surface area contributed by atoms with Crippen LogP contribution >= 0.6 is 12.6 Å². The lowest BCUT2D eigenvalue weighted by atomic mass is 10.1. The summed E-state index contributed by atoms with van der Waals surface area (Å²) in [5.41, 5.74) is 0. The van der Waals surface area contributed by atoms with Crippen LogP contribution in [0.15, 0.2) is 0 Å².